The summed E-state index contributed by atoms with van der Waals surface area (Å²) in [6.45, 7) is 5.86. The molecule has 1 heterocycles. The maximum atomic E-state index is 13.3. The lowest BCUT2D eigenvalue weighted by Gasteiger charge is -2.11. The summed E-state index contributed by atoms with van der Waals surface area (Å²) in [7, 11) is 0. The molecule has 2 aromatic rings. The molecule has 0 unspecified atom stereocenters. The van der Waals surface area contributed by atoms with Crippen LogP contribution in [-0.2, 0) is 11.2 Å². The first kappa shape index (κ1) is 23.3. The lowest BCUT2D eigenvalue weighted by Crippen LogP contribution is -2.31. The van der Waals surface area contributed by atoms with Crippen LogP contribution >= 0.6 is 11.6 Å². The summed E-state index contributed by atoms with van der Waals surface area (Å²) in [4.78, 5) is 28.2. The Morgan fingerprint density at radius 1 is 1.27 bits per heavy atom. The molecule has 0 fully saturated rings. The van der Waals surface area contributed by atoms with Crippen molar-refractivity contribution < 1.29 is 18.7 Å². The van der Waals surface area contributed by atoms with Gasteiger partial charge in [-0.3, -0.25) is 14.6 Å². The Morgan fingerprint density at radius 2 is 2.07 bits per heavy atom. The van der Waals surface area contributed by atoms with Crippen molar-refractivity contribution >= 4 is 23.4 Å². The van der Waals surface area contributed by atoms with Crippen LogP contribution in [0.3, 0.4) is 0 Å². The van der Waals surface area contributed by atoms with Crippen LogP contribution in [0.4, 0.5) is 4.39 Å². The fraction of sp³-hybridized carbons (Fsp3) is 0.318. The molecule has 2 N–H and O–H groups in total. The van der Waals surface area contributed by atoms with E-state index in [1.54, 1.807) is 12.3 Å². The number of aromatic nitrogens is 1. The molecule has 2 amide bonds. The van der Waals surface area contributed by atoms with Gasteiger partial charge in [-0.1, -0.05) is 37.6 Å². The number of nitrogens with one attached hydrogen (secondary N) is 2. The molecule has 1 aromatic heterocycles. The molecule has 0 aliphatic heterocycles. The number of aryl methyl sites for hydroxylation is 1. The summed E-state index contributed by atoms with van der Waals surface area (Å²) in [5.41, 5.74) is 1.87. The second-order valence-corrected chi connectivity index (χ2v) is 7.08. The molecule has 0 aliphatic rings. The van der Waals surface area contributed by atoms with Crippen molar-refractivity contribution in [3.8, 4) is 5.75 Å². The van der Waals surface area contributed by atoms with Gasteiger partial charge in [0.25, 0.3) is 11.8 Å². The van der Waals surface area contributed by atoms with E-state index in [1.807, 2.05) is 6.07 Å². The number of hydrogen-bond acceptors (Lipinski definition) is 4. The topological polar surface area (TPSA) is 80.3 Å². The number of rotatable bonds is 11. The highest BCUT2D eigenvalue weighted by molar-refractivity contribution is 6.30. The summed E-state index contributed by atoms with van der Waals surface area (Å²) >= 11 is 5.59. The smallest absolute Gasteiger partial charge is 0.269 e. The minimum absolute atomic E-state index is 0.0233. The first-order chi connectivity index (χ1) is 14.4. The molecule has 0 aliphatic carbocycles. The number of pyridine rings is 1. The quantitative estimate of drug-likeness (QED) is 0.560. The van der Waals surface area contributed by atoms with Gasteiger partial charge in [0.15, 0.2) is 6.61 Å². The van der Waals surface area contributed by atoms with Crippen molar-refractivity contribution in [1.29, 1.82) is 0 Å². The van der Waals surface area contributed by atoms with E-state index >= 15 is 0 Å². The summed E-state index contributed by atoms with van der Waals surface area (Å²) in [6, 6.07) is 7.52. The lowest BCUT2D eigenvalue weighted by molar-refractivity contribution is -0.122. The summed E-state index contributed by atoms with van der Waals surface area (Å²) in [5, 5.41) is 5.28. The van der Waals surface area contributed by atoms with E-state index in [1.165, 1.54) is 12.1 Å². The molecule has 0 saturated heterocycles. The van der Waals surface area contributed by atoms with Gasteiger partial charge in [-0.25, -0.2) is 4.39 Å². The molecule has 0 bridgehead atoms. The molecule has 6 nitrogen and oxygen atoms in total. The van der Waals surface area contributed by atoms with E-state index in [0.29, 0.717) is 24.4 Å². The SMILES string of the molecule is C=C(CCNC(=O)c1ccc(CCCC)cn1)NC(=O)COc1ccc(Cl)c(F)c1. The van der Waals surface area contributed by atoms with E-state index < -0.39 is 11.7 Å². The fourth-order valence-electron chi connectivity index (χ4n) is 2.52. The van der Waals surface area contributed by atoms with Crippen LogP contribution in [0.15, 0.2) is 48.8 Å². The monoisotopic (exact) mass is 433 g/mol. The molecule has 0 saturated carbocycles. The number of carbonyl (C=O) groups is 2. The minimum Gasteiger partial charge on any atom is -0.484 e. The first-order valence-electron chi connectivity index (χ1n) is 9.67. The van der Waals surface area contributed by atoms with Gasteiger partial charge >= 0.3 is 0 Å². The van der Waals surface area contributed by atoms with Crippen molar-refractivity contribution in [2.45, 2.75) is 32.6 Å². The maximum absolute atomic E-state index is 13.3. The largest absolute Gasteiger partial charge is 0.484 e. The normalized spacial score (nSPS) is 10.4. The van der Waals surface area contributed by atoms with E-state index in [0.717, 1.165) is 30.9 Å². The Balaban J connectivity index is 1.67. The second-order valence-electron chi connectivity index (χ2n) is 6.68. The van der Waals surface area contributed by atoms with Crippen LogP contribution in [0.2, 0.25) is 5.02 Å². The number of carbonyl (C=O) groups excluding carboxylic acids is 2. The van der Waals surface area contributed by atoms with Crippen LogP contribution < -0.4 is 15.4 Å². The second kappa shape index (κ2) is 11.9. The highest BCUT2D eigenvalue weighted by Crippen LogP contribution is 2.20. The van der Waals surface area contributed by atoms with Crippen LogP contribution in [0.5, 0.6) is 5.75 Å². The number of ether oxygens (including phenoxy) is 1. The van der Waals surface area contributed by atoms with Crippen molar-refractivity contribution in [2.24, 2.45) is 0 Å². The van der Waals surface area contributed by atoms with E-state index in [2.05, 4.69) is 29.1 Å². The van der Waals surface area contributed by atoms with Gasteiger partial charge in [0.05, 0.1) is 5.02 Å². The minimum atomic E-state index is -0.625. The molecule has 160 valence electrons. The zero-order chi connectivity index (χ0) is 21.9. The van der Waals surface area contributed by atoms with Crippen LogP contribution in [-0.4, -0.2) is 29.9 Å². The Morgan fingerprint density at radius 3 is 2.73 bits per heavy atom. The molecule has 0 spiro atoms. The average Bonchev–Trinajstić information content (AvgIpc) is 2.73. The molecule has 30 heavy (non-hydrogen) atoms. The number of amides is 2. The number of hydrogen-bond donors (Lipinski definition) is 2. The zero-order valence-electron chi connectivity index (χ0n) is 16.8. The van der Waals surface area contributed by atoms with Crippen molar-refractivity contribution in [3.05, 3.63) is 70.9 Å². The maximum Gasteiger partial charge on any atom is 0.269 e. The lowest BCUT2D eigenvalue weighted by atomic mass is 10.1. The number of benzene rings is 1. The van der Waals surface area contributed by atoms with E-state index in [4.69, 9.17) is 16.3 Å². The van der Waals surface area contributed by atoms with Crippen molar-refractivity contribution in [2.75, 3.05) is 13.2 Å². The summed E-state index contributed by atoms with van der Waals surface area (Å²) in [6.07, 6.45) is 5.21. The highest BCUT2D eigenvalue weighted by atomic mass is 35.5. The molecule has 0 radical (unpaired) electrons. The molecule has 1 aromatic carbocycles. The third-order valence-corrected chi connectivity index (χ3v) is 4.47. The van der Waals surface area contributed by atoms with Gasteiger partial charge in [0.1, 0.15) is 17.3 Å². The Kier molecular flexibility index (Phi) is 9.28. The predicted octanol–water partition coefficient (Wildman–Crippen LogP) is 4.05. The first-order valence-corrected chi connectivity index (χ1v) is 10.1. The highest BCUT2D eigenvalue weighted by Gasteiger charge is 2.09. The number of nitrogens with zero attached hydrogens (tertiary/aromatic N) is 1. The van der Waals surface area contributed by atoms with Crippen molar-refractivity contribution in [1.82, 2.24) is 15.6 Å². The Labute approximate surface area is 180 Å². The fourth-order valence-corrected chi connectivity index (χ4v) is 2.63. The summed E-state index contributed by atoms with van der Waals surface area (Å²) in [5.74, 6) is -1.16. The van der Waals surface area contributed by atoms with E-state index in [9.17, 15) is 14.0 Å². The summed E-state index contributed by atoms with van der Waals surface area (Å²) < 4.78 is 18.6. The standard InChI is InChI=1S/C22H25ClFN3O3/c1-3-4-5-16-6-9-20(26-13-16)22(29)25-11-10-15(2)27-21(28)14-30-17-7-8-18(23)19(24)12-17/h6-9,12-13H,2-5,10-11,14H2,1H3,(H,25,29)(H,27,28). The van der Waals surface area contributed by atoms with Gasteiger partial charge in [0.2, 0.25) is 0 Å². The average molecular weight is 434 g/mol. The van der Waals surface area contributed by atoms with Gasteiger partial charge < -0.3 is 15.4 Å². The molecular weight excluding hydrogens is 409 g/mol. The van der Waals surface area contributed by atoms with E-state index in [-0.39, 0.29) is 23.3 Å². The Bertz CT molecular complexity index is 888. The molecule has 0 atom stereocenters. The third kappa shape index (κ3) is 7.83. The van der Waals surface area contributed by atoms with Gasteiger partial charge in [-0.15, -0.1) is 0 Å². The van der Waals surface area contributed by atoms with Gasteiger partial charge in [-0.2, -0.15) is 0 Å². The van der Waals surface area contributed by atoms with Crippen molar-refractivity contribution in [3.63, 3.8) is 0 Å². The number of halogens is 2. The number of unbranched alkanes of at least 4 members (excludes halogenated alkanes) is 1. The van der Waals surface area contributed by atoms with Crippen LogP contribution in [0.25, 0.3) is 0 Å². The molecular formula is C22H25ClFN3O3. The molecule has 2 rings (SSSR count). The third-order valence-electron chi connectivity index (χ3n) is 4.17. The van der Waals surface area contributed by atoms with Crippen LogP contribution in [0, 0.1) is 5.82 Å². The predicted molar refractivity (Wildman–Crippen MR) is 114 cm³/mol. The van der Waals surface area contributed by atoms with Gasteiger partial charge in [-0.05, 0) is 36.6 Å². The Hall–Kier alpha value is -2.93. The zero-order valence-corrected chi connectivity index (χ0v) is 17.6. The molecule has 8 heteroatoms. The van der Waals surface area contributed by atoms with Crippen LogP contribution in [0.1, 0.15) is 42.2 Å². The van der Waals surface area contributed by atoms with Gasteiger partial charge in [0, 0.05) is 30.9 Å².